The van der Waals surface area contributed by atoms with Gasteiger partial charge in [-0.1, -0.05) is 42.8 Å². The molecule has 0 spiro atoms. The number of aromatic nitrogens is 1. The predicted octanol–water partition coefficient (Wildman–Crippen LogP) is 4.90. The molecule has 2 heterocycles. The largest absolute Gasteiger partial charge is 0.430 e. The second-order valence-electron chi connectivity index (χ2n) is 10.3. The van der Waals surface area contributed by atoms with E-state index in [0.29, 0.717) is 35.7 Å². The van der Waals surface area contributed by atoms with E-state index in [-0.39, 0.29) is 17.6 Å². The van der Waals surface area contributed by atoms with Gasteiger partial charge in [0.15, 0.2) is 0 Å². The van der Waals surface area contributed by atoms with E-state index in [0.717, 1.165) is 43.3 Å². The first-order chi connectivity index (χ1) is 18.3. The van der Waals surface area contributed by atoms with Gasteiger partial charge in [-0.3, -0.25) is 9.59 Å². The number of benzene rings is 1. The average Bonchev–Trinajstić information content (AvgIpc) is 2.91. The molecular weight excluding hydrogens is 533 g/mol. The molecule has 2 amide bonds. The van der Waals surface area contributed by atoms with Gasteiger partial charge in [0.2, 0.25) is 0 Å². The van der Waals surface area contributed by atoms with Crippen molar-refractivity contribution in [2.45, 2.75) is 50.8 Å². The first-order valence-corrected chi connectivity index (χ1v) is 13.4. The lowest BCUT2D eigenvalue weighted by molar-refractivity contribution is -0.261. The molecule has 1 aromatic heterocycles. The zero-order valence-electron chi connectivity index (χ0n) is 22.8. The summed E-state index contributed by atoms with van der Waals surface area (Å²) in [6.45, 7) is 3.35. The summed E-state index contributed by atoms with van der Waals surface area (Å²) in [6, 6.07) is 8.91. The van der Waals surface area contributed by atoms with Gasteiger partial charge in [0.25, 0.3) is 17.4 Å². The van der Waals surface area contributed by atoms with Crippen LogP contribution in [-0.4, -0.2) is 78.7 Å². The number of aliphatic hydroxyl groups is 1. The fraction of sp³-hybridized carbons (Fsp3) is 0.536. The van der Waals surface area contributed by atoms with Gasteiger partial charge < -0.3 is 19.8 Å². The second kappa shape index (κ2) is 12.6. The summed E-state index contributed by atoms with van der Waals surface area (Å²) < 4.78 is 42.0. The van der Waals surface area contributed by atoms with E-state index in [9.17, 15) is 27.9 Å². The molecule has 1 aliphatic rings. The average molecular weight is 569 g/mol. The quantitative estimate of drug-likeness (QED) is 0.435. The Morgan fingerprint density at radius 3 is 2.36 bits per heavy atom. The SMILES string of the molecule is CCc1cccc(C(O)(C(=O)N(C)CCCC2CCN(c3ccc(C(=O)N(C)C)c(Cl)n3)CC2)C(F)(F)F)c1. The van der Waals surface area contributed by atoms with E-state index in [4.69, 9.17) is 11.6 Å². The summed E-state index contributed by atoms with van der Waals surface area (Å²) in [5.74, 6) is -0.559. The Kier molecular flexibility index (Phi) is 9.88. The summed E-state index contributed by atoms with van der Waals surface area (Å²) in [5.41, 5.74) is -3.12. The first kappa shape index (κ1) is 30.7. The maximum Gasteiger partial charge on any atom is 0.430 e. The van der Waals surface area contributed by atoms with E-state index in [1.807, 2.05) is 0 Å². The number of rotatable bonds is 9. The van der Waals surface area contributed by atoms with Crippen molar-refractivity contribution in [3.8, 4) is 0 Å². The number of alkyl halides is 3. The molecule has 2 aromatic rings. The first-order valence-electron chi connectivity index (χ1n) is 13.1. The van der Waals surface area contributed by atoms with Crippen LogP contribution in [0.1, 0.15) is 54.1 Å². The highest BCUT2D eigenvalue weighted by Crippen LogP contribution is 2.41. The number of likely N-dealkylation sites (N-methyl/N-ethyl adjacent to an activating group) is 1. The molecule has 1 saturated heterocycles. The van der Waals surface area contributed by atoms with Crippen LogP contribution in [0.5, 0.6) is 0 Å². The van der Waals surface area contributed by atoms with E-state index in [2.05, 4.69) is 9.88 Å². The van der Waals surface area contributed by atoms with Crippen molar-refractivity contribution in [3.63, 3.8) is 0 Å². The molecule has 1 N–H and O–H groups in total. The molecule has 1 atom stereocenters. The molecule has 0 radical (unpaired) electrons. The minimum atomic E-state index is -5.16. The number of aryl methyl sites for hydroxylation is 1. The van der Waals surface area contributed by atoms with Crippen LogP contribution < -0.4 is 4.90 Å². The molecule has 1 aromatic carbocycles. The second-order valence-corrected chi connectivity index (χ2v) is 10.6. The van der Waals surface area contributed by atoms with Crippen molar-refractivity contribution in [1.82, 2.24) is 14.8 Å². The number of halogens is 4. The van der Waals surface area contributed by atoms with Crippen LogP contribution in [0.15, 0.2) is 36.4 Å². The van der Waals surface area contributed by atoms with Crippen LogP contribution in [0.2, 0.25) is 5.15 Å². The highest BCUT2D eigenvalue weighted by atomic mass is 35.5. The fourth-order valence-corrected chi connectivity index (χ4v) is 5.10. The lowest BCUT2D eigenvalue weighted by atomic mass is 9.89. The van der Waals surface area contributed by atoms with Crippen molar-refractivity contribution in [1.29, 1.82) is 0 Å². The van der Waals surface area contributed by atoms with Crippen molar-refractivity contribution >= 4 is 29.2 Å². The van der Waals surface area contributed by atoms with E-state index >= 15 is 0 Å². The Labute approximate surface area is 232 Å². The molecule has 0 bridgehead atoms. The molecule has 1 fully saturated rings. The van der Waals surface area contributed by atoms with Gasteiger partial charge in [-0.15, -0.1) is 0 Å². The smallest absolute Gasteiger partial charge is 0.369 e. The minimum absolute atomic E-state index is 0.101. The van der Waals surface area contributed by atoms with Gasteiger partial charge in [0, 0.05) is 46.3 Å². The molecule has 0 saturated carbocycles. The normalized spacial score (nSPS) is 16.1. The number of hydrogen-bond donors (Lipinski definition) is 1. The summed E-state index contributed by atoms with van der Waals surface area (Å²) >= 11 is 6.25. The number of amides is 2. The van der Waals surface area contributed by atoms with Crippen molar-refractivity contribution in [3.05, 3.63) is 58.2 Å². The summed E-state index contributed by atoms with van der Waals surface area (Å²) in [7, 11) is 4.59. The third-order valence-corrected chi connectivity index (χ3v) is 7.62. The summed E-state index contributed by atoms with van der Waals surface area (Å²) in [5, 5.41) is 10.9. The van der Waals surface area contributed by atoms with Gasteiger partial charge in [0.1, 0.15) is 11.0 Å². The standard InChI is InChI=1S/C28H36ClF3N4O3/c1-5-19-8-6-10-21(18-19)27(39,28(30,31)32)26(38)35(4)15-7-9-20-13-16-36(17-14-20)23-12-11-22(24(29)33-23)25(37)34(2)3/h6,8,10-12,18,20,39H,5,7,9,13-17H2,1-4H3. The maximum atomic E-state index is 14.0. The van der Waals surface area contributed by atoms with Gasteiger partial charge in [-0.25, -0.2) is 4.98 Å². The van der Waals surface area contributed by atoms with Crippen molar-refractivity contribution in [2.75, 3.05) is 45.7 Å². The Morgan fingerprint density at radius 1 is 1.13 bits per heavy atom. The van der Waals surface area contributed by atoms with Crippen molar-refractivity contribution in [2.24, 2.45) is 5.92 Å². The molecule has 1 aliphatic heterocycles. The number of hydrogen-bond acceptors (Lipinski definition) is 5. The fourth-order valence-electron chi connectivity index (χ4n) is 4.87. The van der Waals surface area contributed by atoms with Gasteiger partial charge in [-0.2, -0.15) is 13.2 Å². The molecule has 3 rings (SSSR count). The third-order valence-electron chi connectivity index (χ3n) is 7.33. The topological polar surface area (TPSA) is 77.0 Å². The summed E-state index contributed by atoms with van der Waals surface area (Å²) in [4.78, 5) is 34.0. The molecule has 0 aliphatic carbocycles. The van der Waals surface area contributed by atoms with Gasteiger partial charge >= 0.3 is 6.18 Å². The number of anilines is 1. The number of carbonyl (C=O) groups excluding carboxylic acids is 2. The molecule has 214 valence electrons. The van der Waals surface area contributed by atoms with Crippen molar-refractivity contribution < 1.29 is 27.9 Å². The van der Waals surface area contributed by atoms with Crippen LogP contribution in [0.3, 0.4) is 0 Å². The number of pyridine rings is 1. The van der Waals surface area contributed by atoms with E-state index < -0.39 is 23.2 Å². The van der Waals surface area contributed by atoms with Crippen LogP contribution in [0.4, 0.5) is 19.0 Å². The lowest BCUT2D eigenvalue weighted by Crippen LogP contribution is -2.55. The lowest BCUT2D eigenvalue weighted by Gasteiger charge is -2.35. The minimum Gasteiger partial charge on any atom is -0.369 e. The van der Waals surface area contributed by atoms with E-state index in [1.54, 1.807) is 39.2 Å². The number of carbonyl (C=O) groups is 2. The van der Waals surface area contributed by atoms with Gasteiger partial charge in [-0.05, 0) is 55.7 Å². The Bertz CT molecular complexity index is 1170. The third kappa shape index (κ3) is 6.84. The highest BCUT2D eigenvalue weighted by Gasteiger charge is 2.61. The zero-order chi connectivity index (χ0) is 29.0. The molecular formula is C28H36ClF3N4O3. The molecule has 11 heteroatoms. The Morgan fingerprint density at radius 2 is 1.79 bits per heavy atom. The van der Waals surface area contributed by atoms with E-state index in [1.165, 1.54) is 24.1 Å². The Hall–Kier alpha value is -2.85. The molecule has 39 heavy (non-hydrogen) atoms. The molecule has 1 unspecified atom stereocenters. The van der Waals surface area contributed by atoms with Gasteiger partial charge in [0.05, 0.1) is 5.56 Å². The van der Waals surface area contributed by atoms with Crippen LogP contribution >= 0.6 is 11.6 Å². The molecule has 7 nitrogen and oxygen atoms in total. The predicted molar refractivity (Wildman–Crippen MR) is 145 cm³/mol. The Balaban J connectivity index is 1.55. The van der Waals surface area contributed by atoms with Crippen LogP contribution in [-0.2, 0) is 16.8 Å². The van der Waals surface area contributed by atoms with Crippen LogP contribution in [0, 0.1) is 5.92 Å². The summed E-state index contributed by atoms with van der Waals surface area (Å²) in [6.07, 6.45) is -1.72. The number of nitrogens with zero attached hydrogens (tertiary/aromatic N) is 4. The zero-order valence-corrected chi connectivity index (χ0v) is 23.5. The number of piperidine rings is 1. The highest BCUT2D eigenvalue weighted by molar-refractivity contribution is 6.32. The van der Waals surface area contributed by atoms with Crippen LogP contribution in [0.25, 0.3) is 0 Å². The maximum absolute atomic E-state index is 14.0. The monoisotopic (exact) mass is 568 g/mol.